The van der Waals surface area contributed by atoms with Gasteiger partial charge in [0.1, 0.15) is 23.4 Å². The molecule has 3 amide bonds. The number of carbonyl (C=O) groups excluding carboxylic acids is 3. The van der Waals surface area contributed by atoms with E-state index in [1.54, 1.807) is 52.8 Å². The average molecular weight is 486 g/mol. The SMILES string of the molecule is CCN(C(=O)C(CO)NC(=O)OC(C)(C)C)C(C(=O)NCc1ccccc1)c1cccc(C)c1O. The Kier molecular flexibility index (Phi) is 9.65. The molecule has 2 unspecified atom stereocenters. The molecule has 0 radical (unpaired) electrons. The molecule has 0 aliphatic rings. The van der Waals surface area contributed by atoms with Gasteiger partial charge in [-0.15, -0.1) is 0 Å². The van der Waals surface area contributed by atoms with Crippen LogP contribution < -0.4 is 10.6 Å². The van der Waals surface area contributed by atoms with E-state index in [-0.39, 0.29) is 24.4 Å². The number of rotatable bonds is 9. The van der Waals surface area contributed by atoms with Gasteiger partial charge in [0, 0.05) is 18.7 Å². The molecule has 2 aromatic carbocycles. The van der Waals surface area contributed by atoms with Crippen molar-refractivity contribution >= 4 is 17.9 Å². The molecule has 9 heteroatoms. The number of phenolic OH excluding ortho intramolecular Hbond substituents is 1. The van der Waals surface area contributed by atoms with Gasteiger partial charge in [-0.2, -0.15) is 0 Å². The number of aliphatic hydroxyl groups excluding tert-OH is 1. The van der Waals surface area contributed by atoms with E-state index in [1.807, 2.05) is 30.3 Å². The maximum atomic E-state index is 13.4. The van der Waals surface area contributed by atoms with Crippen molar-refractivity contribution in [2.45, 2.75) is 58.8 Å². The molecule has 0 bridgehead atoms. The Bertz CT molecular complexity index is 1020. The van der Waals surface area contributed by atoms with Crippen molar-refractivity contribution in [3.05, 3.63) is 65.2 Å². The molecular weight excluding hydrogens is 450 g/mol. The van der Waals surface area contributed by atoms with Crippen LogP contribution in [0.5, 0.6) is 5.75 Å². The van der Waals surface area contributed by atoms with Crippen LogP contribution in [-0.4, -0.2) is 57.8 Å². The molecule has 0 aliphatic carbocycles. The number of benzene rings is 2. The molecule has 2 aromatic rings. The van der Waals surface area contributed by atoms with Crippen molar-refractivity contribution in [2.24, 2.45) is 0 Å². The Morgan fingerprint density at radius 2 is 1.71 bits per heavy atom. The number of phenols is 1. The van der Waals surface area contributed by atoms with E-state index in [9.17, 15) is 24.6 Å². The summed E-state index contributed by atoms with van der Waals surface area (Å²) in [5.74, 6) is -1.32. The molecule has 0 aromatic heterocycles. The Hall–Kier alpha value is -3.59. The average Bonchev–Trinajstić information content (AvgIpc) is 2.80. The Labute approximate surface area is 206 Å². The second-order valence-corrected chi connectivity index (χ2v) is 9.12. The van der Waals surface area contributed by atoms with E-state index in [1.165, 1.54) is 4.90 Å². The van der Waals surface area contributed by atoms with E-state index in [4.69, 9.17) is 4.74 Å². The molecule has 35 heavy (non-hydrogen) atoms. The Morgan fingerprint density at radius 1 is 1.06 bits per heavy atom. The van der Waals surface area contributed by atoms with Gasteiger partial charge >= 0.3 is 6.09 Å². The summed E-state index contributed by atoms with van der Waals surface area (Å²) >= 11 is 0. The molecule has 0 spiro atoms. The molecule has 190 valence electrons. The minimum Gasteiger partial charge on any atom is -0.507 e. The number of aryl methyl sites for hydroxylation is 1. The summed E-state index contributed by atoms with van der Waals surface area (Å²) in [6.45, 7) is 7.97. The van der Waals surface area contributed by atoms with Gasteiger partial charge < -0.3 is 30.5 Å². The molecule has 0 fully saturated rings. The van der Waals surface area contributed by atoms with Crippen molar-refractivity contribution in [1.29, 1.82) is 0 Å². The first kappa shape index (κ1) is 27.7. The van der Waals surface area contributed by atoms with Gasteiger partial charge in [-0.05, 0) is 45.7 Å². The first-order valence-electron chi connectivity index (χ1n) is 11.5. The lowest BCUT2D eigenvalue weighted by Crippen LogP contribution is -2.54. The highest BCUT2D eigenvalue weighted by molar-refractivity contribution is 5.92. The van der Waals surface area contributed by atoms with Crippen molar-refractivity contribution in [3.63, 3.8) is 0 Å². The molecular formula is C26H35N3O6. The van der Waals surface area contributed by atoms with Gasteiger partial charge in [-0.25, -0.2) is 4.79 Å². The summed E-state index contributed by atoms with van der Waals surface area (Å²) in [6.07, 6.45) is -0.871. The third-order valence-corrected chi connectivity index (χ3v) is 5.23. The van der Waals surface area contributed by atoms with E-state index in [0.717, 1.165) is 5.56 Å². The number of para-hydroxylation sites is 1. The molecule has 2 rings (SSSR count). The number of nitrogens with one attached hydrogen (secondary N) is 2. The Morgan fingerprint density at radius 3 is 2.29 bits per heavy atom. The standard InChI is InChI=1S/C26H35N3O6/c1-6-29(24(33)20(16-30)28-25(34)35-26(3,4)5)21(19-14-10-11-17(2)22(19)31)23(32)27-15-18-12-8-7-9-13-18/h7-14,20-21,30-31H,6,15-16H2,1-5H3,(H,27,32)(H,28,34). The molecule has 0 heterocycles. The van der Waals surface area contributed by atoms with Crippen LogP contribution in [0.3, 0.4) is 0 Å². The number of aliphatic hydroxyl groups is 1. The van der Waals surface area contributed by atoms with E-state index < -0.39 is 42.2 Å². The molecule has 2 atom stereocenters. The topological polar surface area (TPSA) is 128 Å². The summed E-state index contributed by atoms with van der Waals surface area (Å²) in [5, 5.41) is 25.8. The third kappa shape index (κ3) is 7.71. The quantitative estimate of drug-likeness (QED) is 0.432. The first-order valence-corrected chi connectivity index (χ1v) is 11.5. The summed E-state index contributed by atoms with van der Waals surface area (Å²) < 4.78 is 5.20. The lowest BCUT2D eigenvalue weighted by molar-refractivity contribution is -0.143. The zero-order valence-electron chi connectivity index (χ0n) is 20.9. The van der Waals surface area contributed by atoms with Crippen molar-refractivity contribution in [3.8, 4) is 5.75 Å². The smallest absolute Gasteiger partial charge is 0.408 e. The fourth-order valence-electron chi connectivity index (χ4n) is 3.54. The number of carbonyl (C=O) groups is 3. The zero-order chi connectivity index (χ0) is 26.2. The van der Waals surface area contributed by atoms with Gasteiger partial charge in [-0.3, -0.25) is 9.59 Å². The first-order chi connectivity index (χ1) is 16.5. The highest BCUT2D eigenvalue weighted by atomic mass is 16.6. The molecule has 0 aliphatic heterocycles. The minimum absolute atomic E-state index is 0.0716. The molecule has 0 saturated carbocycles. The largest absolute Gasteiger partial charge is 0.507 e. The van der Waals surface area contributed by atoms with Crippen molar-refractivity contribution in [2.75, 3.05) is 13.2 Å². The summed E-state index contributed by atoms with van der Waals surface area (Å²) in [5.41, 5.74) is 0.838. The van der Waals surface area contributed by atoms with Crippen molar-refractivity contribution in [1.82, 2.24) is 15.5 Å². The van der Waals surface area contributed by atoms with Crippen LogP contribution in [0.4, 0.5) is 4.79 Å². The van der Waals surface area contributed by atoms with Crippen LogP contribution in [0.1, 0.15) is 50.4 Å². The predicted molar refractivity (Wildman–Crippen MR) is 132 cm³/mol. The van der Waals surface area contributed by atoms with Crippen molar-refractivity contribution < 1.29 is 29.3 Å². The van der Waals surface area contributed by atoms with Crippen LogP contribution in [0, 0.1) is 6.92 Å². The van der Waals surface area contributed by atoms with Crippen LogP contribution >= 0.6 is 0 Å². The maximum Gasteiger partial charge on any atom is 0.408 e. The molecule has 9 nitrogen and oxygen atoms in total. The number of likely N-dealkylation sites (N-methyl/N-ethyl adjacent to an activating group) is 1. The van der Waals surface area contributed by atoms with Gasteiger partial charge in [-0.1, -0.05) is 48.5 Å². The molecule has 0 saturated heterocycles. The van der Waals surface area contributed by atoms with Gasteiger partial charge in [0.25, 0.3) is 0 Å². The lowest BCUT2D eigenvalue weighted by atomic mass is 9.99. The summed E-state index contributed by atoms with van der Waals surface area (Å²) in [6, 6.07) is 11.7. The highest BCUT2D eigenvalue weighted by Crippen LogP contribution is 2.32. The number of hydrogen-bond acceptors (Lipinski definition) is 6. The zero-order valence-corrected chi connectivity index (χ0v) is 20.9. The fourth-order valence-corrected chi connectivity index (χ4v) is 3.54. The van der Waals surface area contributed by atoms with Crippen LogP contribution in [0.15, 0.2) is 48.5 Å². The van der Waals surface area contributed by atoms with Crippen LogP contribution in [0.2, 0.25) is 0 Å². The van der Waals surface area contributed by atoms with Gasteiger partial charge in [0.05, 0.1) is 6.61 Å². The lowest BCUT2D eigenvalue weighted by Gasteiger charge is -2.33. The number of amides is 3. The number of aromatic hydroxyl groups is 1. The van der Waals surface area contributed by atoms with Crippen LogP contribution in [0.25, 0.3) is 0 Å². The predicted octanol–water partition coefficient (Wildman–Crippen LogP) is 2.79. The summed E-state index contributed by atoms with van der Waals surface area (Å²) in [4.78, 5) is 40.3. The monoisotopic (exact) mass is 485 g/mol. The maximum absolute atomic E-state index is 13.4. The number of nitrogens with zero attached hydrogens (tertiary/aromatic N) is 1. The Balaban J connectivity index is 2.37. The van der Waals surface area contributed by atoms with Crippen LogP contribution in [-0.2, 0) is 20.9 Å². The van der Waals surface area contributed by atoms with E-state index in [2.05, 4.69) is 10.6 Å². The van der Waals surface area contributed by atoms with E-state index >= 15 is 0 Å². The summed E-state index contributed by atoms with van der Waals surface area (Å²) in [7, 11) is 0. The number of alkyl carbamates (subject to hydrolysis) is 1. The third-order valence-electron chi connectivity index (χ3n) is 5.23. The number of hydrogen-bond donors (Lipinski definition) is 4. The van der Waals surface area contributed by atoms with Gasteiger partial charge in [0.15, 0.2) is 0 Å². The number of ether oxygens (including phenoxy) is 1. The normalized spacial score (nSPS) is 12.9. The van der Waals surface area contributed by atoms with Gasteiger partial charge in [0.2, 0.25) is 11.8 Å². The highest BCUT2D eigenvalue weighted by Gasteiger charge is 2.36. The minimum atomic E-state index is -1.35. The van der Waals surface area contributed by atoms with E-state index in [0.29, 0.717) is 5.56 Å². The molecule has 4 N–H and O–H groups in total. The fraction of sp³-hybridized carbons (Fsp3) is 0.423. The second-order valence-electron chi connectivity index (χ2n) is 9.12. The second kappa shape index (κ2) is 12.2.